The van der Waals surface area contributed by atoms with Crippen LogP contribution in [0.1, 0.15) is 80.6 Å². The Hall–Kier alpha value is -2.33. The number of carbonyl (C=O) groups is 1. The molecular weight excluding hydrogens is 470 g/mol. The van der Waals surface area contributed by atoms with Gasteiger partial charge < -0.3 is 25.0 Å². The number of amides is 1. The van der Waals surface area contributed by atoms with E-state index in [0.717, 1.165) is 25.8 Å². The number of anilines is 1. The predicted molar refractivity (Wildman–Crippen MR) is 147 cm³/mol. The molecule has 3 heterocycles. The number of aliphatic imine (C=N–C) groups is 1. The van der Waals surface area contributed by atoms with Crippen molar-refractivity contribution in [3.8, 4) is 6.01 Å². The van der Waals surface area contributed by atoms with E-state index in [2.05, 4.69) is 79.0 Å². The van der Waals surface area contributed by atoms with Gasteiger partial charge >= 0.3 is 6.01 Å². The Bertz CT molecular complexity index is 915. The minimum atomic E-state index is -0.179. The monoisotopic (exact) mass is 517 g/mol. The smallest absolute Gasteiger partial charge is 0.323 e. The lowest BCUT2D eigenvalue weighted by Gasteiger charge is -2.50. The summed E-state index contributed by atoms with van der Waals surface area (Å²) < 4.78 is 11.7. The Balaban J connectivity index is 1.81. The van der Waals surface area contributed by atoms with Crippen LogP contribution in [-0.2, 0) is 9.53 Å². The fourth-order valence-corrected chi connectivity index (χ4v) is 5.15. The van der Waals surface area contributed by atoms with Crippen LogP contribution < -0.4 is 15.4 Å². The Morgan fingerprint density at radius 1 is 1.24 bits per heavy atom. The van der Waals surface area contributed by atoms with Gasteiger partial charge in [0.15, 0.2) is 0 Å². The van der Waals surface area contributed by atoms with Gasteiger partial charge in [0, 0.05) is 43.1 Å². The van der Waals surface area contributed by atoms with Gasteiger partial charge in [0.05, 0.1) is 19.4 Å². The lowest BCUT2D eigenvalue weighted by atomic mass is 9.73. The number of carbonyl (C=O) groups excluding carboxylic acids is 1. The first-order valence-electron chi connectivity index (χ1n) is 13.9. The van der Waals surface area contributed by atoms with E-state index in [0.29, 0.717) is 38.2 Å². The van der Waals surface area contributed by atoms with Gasteiger partial charge in [0.25, 0.3) is 11.9 Å². The lowest BCUT2D eigenvalue weighted by Crippen LogP contribution is -2.64. The Labute approximate surface area is 222 Å². The molecule has 0 saturated carbocycles. The summed E-state index contributed by atoms with van der Waals surface area (Å²) >= 11 is 0. The third-order valence-corrected chi connectivity index (χ3v) is 7.63. The standard InChI is InChI=1S/C27H47N7O3/c1-8-10-11-20(9-2)17-28-23-30-24(29-18-22(35)34-12-14-36-15-13-34)32-25(31-23)37-21-16-26(4,5)33-27(6,7)19(21)3/h18-21,33H,8-17H2,1-7H3,(H,28,30,31,32). The molecular formula is C27H47N7O3. The minimum Gasteiger partial charge on any atom is -0.460 e. The van der Waals surface area contributed by atoms with Gasteiger partial charge in [0.2, 0.25) is 5.95 Å². The summed E-state index contributed by atoms with van der Waals surface area (Å²) in [5.41, 5.74) is -0.201. The molecule has 1 aromatic heterocycles. The summed E-state index contributed by atoms with van der Waals surface area (Å²) in [6, 6.07) is 0.232. The molecule has 37 heavy (non-hydrogen) atoms. The number of nitrogens with one attached hydrogen (secondary N) is 2. The maximum Gasteiger partial charge on any atom is 0.323 e. The molecule has 0 radical (unpaired) electrons. The second kappa shape index (κ2) is 13.0. The molecule has 3 rings (SSSR count). The highest BCUT2D eigenvalue weighted by atomic mass is 16.5. The van der Waals surface area contributed by atoms with Crippen LogP contribution in [0, 0.1) is 11.8 Å². The van der Waals surface area contributed by atoms with E-state index in [1.807, 2.05) is 0 Å². The molecule has 0 spiro atoms. The maximum atomic E-state index is 12.6. The molecule has 2 saturated heterocycles. The van der Waals surface area contributed by atoms with Crippen LogP contribution in [0.5, 0.6) is 6.01 Å². The highest BCUT2D eigenvalue weighted by molar-refractivity contribution is 6.26. The first kappa shape index (κ1) is 29.2. The van der Waals surface area contributed by atoms with Gasteiger partial charge in [-0.1, -0.05) is 40.0 Å². The third-order valence-electron chi connectivity index (χ3n) is 7.63. The molecule has 2 aliphatic heterocycles. The fraction of sp³-hybridized carbons (Fsp3) is 0.815. The number of hydrogen-bond donors (Lipinski definition) is 2. The second-order valence-corrected chi connectivity index (χ2v) is 11.6. The first-order valence-corrected chi connectivity index (χ1v) is 13.9. The molecule has 1 aromatic rings. The van der Waals surface area contributed by atoms with Crippen LogP contribution in [0.15, 0.2) is 4.99 Å². The molecule has 2 fully saturated rings. The van der Waals surface area contributed by atoms with Crippen LogP contribution in [0.4, 0.5) is 11.9 Å². The lowest BCUT2D eigenvalue weighted by molar-refractivity contribution is -0.127. The summed E-state index contributed by atoms with van der Waals surface area (Å²) in [5, 5.41) is 7.10. The highest BCUT2D eigenvalue weighted by Gasteiger charge is 2.44. The van der Waals surface area contributed by atoms with E-state index >= 15 is 0 Å². The molecule has 208 valence electrons. The number of ether oxygens (including phenoxy) is 2. The van der Waals surface area contributed by atoms with Crippen molar-refractivity contribution in [2.45, 2.75) is 97.8 Å². The quantitative estimate of drug-likeness (QED) is 0.424. The number of morpholine rings is 1. The molecule has 3 unspecified atom stereocenters. The summed E-state index contributed by atoms with van der Waals surface area (Å²) in [7, 11) is 0. The van der Waals surface area contributed by atoms with E-state index in [-0.39, 0.29) is 41.0 Å². The van der Waals surface area contributed by atoms with Crippen LogP contribution in [0.3, 0.4) is 0 Å². The van der Waals surface area contributed by atoms with Gasteiger partial charge in [-0.25, -0.2) is 4.99 Å². The maximum absolute atomic E-state index is 12.6. The number of nitrogens with zero attached hydrogens (tertiary/aromatic N) is 5. The van der Waals surface area contributed by atoms with Crippen molar-refractivity contribution in [3.05, 3.63) is 0 Å². The van der Waals surface area contributed by atoms with Gasteiger partial charge in [-0.05, 0) is 40.0 Å². The normalized spacial score (nSPS) is 24.1. The molecule has 2 aliphatic rings. The number of rotatable bonds is 11. The molecule has 10 nitrogen and oxygen atoms in total. The molecule has 10 heteroatoms. The van der Waals surface area contributed by atoms with Crippen molar-refractivity contribution in [2.24, 2.45) is 16.8 Å². The van der Waals surface area contributed by atoms with Crippen molar-refractivity contribution in [1.82, 2.24) is 25.2 Å². The zero-order chi connectivity index (χ0) is 27.1. The fourth-order valence-electron chi connectivity index (χ4n) is 5.15. The van der Waals surface area contributed by atoms with E-state index in [1.54, 1.807) is 4.90 Å². The van der Waals surface area contributed by atoms with Crippen molar-refractivity contribution < 1.29 is 14.3 Å². The summed E-state index contributed by atoms with van der Waals surface area (Å²) in [5.74, 6) is 1.16. The zero-order valence-corrected chi connectivity index (χ0v) is 23.8. The largest absolute Gasteiger partial charge is 0.460 e. The summed E-state index contributed by atoms with van der Waals surface area (Å²) in [4.78, 5) is 32.2. The van der Waals surface area contributed by atoms with E-state index < -0.39 is 0 Å². The average molecular weight is 518 g/mol. The molecule has 0 aliphatic carbocycles. The predicted octanol–water partition coefficient (Wildman–Crippen LogP) is 4.00. The van der Waals surface area contributed by atoms with Crippen LogP contribution in [0.25, 0.3) is 0 Å². The molecule has 0 bridgehead atoms. The third kappa shape index (κ3) is 8.60. The van der Waals surface area contributed by atoms with E-state index in [4.69, 9.17) is 9.47 Å². The Morgan fingerprint density at radius 3 is 2.65 bits per heavy atom. The van der Waals surface area contributed by atoms with Crippen LogP contribution >= 0.6 is 0 Å². The van der Waals surface area contributed by atoms with Crippen molar-refractivity contribution >= 4 is 24.0 Å². The molecule has 1 amide bonds. The van der Waals surface area contributed by atoms with Gasteiger partial charge in [-0.3, -0.25) is 4.79 Å². The van der Waals surface area contributed by atoms with Gasteiger partial charge in [-0.15, -0.1) is 0 Å². The van der Waals surface area contributed by atoms with E-state index in [1.165, 1.54) is 19.1 Å². The number of aromatic nitrogens is 3. The zero-order valence-electron chi connectivity index (χ0n) is 23.8. The first-order chi connectivity index (χ1) is 17.5. The second-order valence-electron chi connectivity index (χ2n) is 11.6. The van der Waals surface area contributed by atoms with Crippen LogP contribution in [0.2, 0.25) is 0 Å². The number of hydrogen-bond acceptors (Lipinski definition) is 9. The number of piperidine rings is 1. The Kier molecular flexibility index (Phi) is 10.2. The molecule has 3 atom stereocenters. The molecule has 0 aromatic carbocycles. The van der Waals surface area contributed by atoms with Crippen molar-refractivity contribution in [1.29, 1.82) is 0 Å². The van der Waals surface area contributed by atoms with Crippen molar-refractivity contribution in [3.63, 3.8) is 0 Å². The highest BCUT2D eigenvalue weighted by Crippen LogP contribution is 2.35. The summed E-state index contributed by atoms with van der Waals surface area (Å²) in [6.45, 7) is 18.3. The topological polar surface area (TPSA) is 114 Å². The van der Waals surface area contributed by atoms with Crippen molar-refractivity contribution in [2.75, 3.05) is 38.2 Å². The minimum absolute atomic E-state index is 0.0822. The summed E-state index contributed by atoms with van der Waals surface area (Å²) in [6.07, 6.45) is 6.63. The van der Waals surface area contributed by atoms with Crippen LogP contribution in [-0.4, -0.2) is 82.0 Å². The SMILES string of the molecule is CCCCC(CC)CNc1nc(N=CC(=O)N2CCOCC2)nc(OC2CC(C)(C)NC(C)(C)C2C)n1. The Morgan fingerprint density at radius 2 is 1.97 bits per heavy atom. The van der Waals surface area contributed by atoms with Gasteiger partial charge in [0.1, 0.15) is 6.10 Å². The molecule has 2 N–H and O–H groups in total. The number of unbranched alkanes of at least 4 members (excludes halogenated alkanes) is 1. The van der Waals surface area contributed by atoms with Gasteiger partial charge in [-0.2, -0.15) is 15.0 Å². The average Bonchev–Trinajstić information content (AvgIpc) is 2.85. The van der Waals surface area contributed by atoms with E-state index in [9.17, 15) is 4.79 Å².